The molecule has 2 N–H and O–H groups in total. The van der Waals surface area contributed by atoms with Crippen molar-refractivity contribution in [1.29, 1.82) is 0 Å². The van der Waals surface area contributed by atoms with Gasteiger partial charge in [0.15, 0.2) is 0 Å². The van der Waals surface area contributed by atoms with Crippen LogP contribution in [0.3, 0.4) is 0 Å². The van der Waals surface area contributed by atoms with Gasteiger partial charge < -0.3 is 10.6 Å². The summed E-state index contributed by atoms with van der Waals surface area (Å²) >= 11 is 5.89. The summed E-state index contributed by atoms with van der Waals surface area (Å²) < 4.78 is 0. The first kappa shape index (κ1) is 17.0. The molecule has 0 saturated carbocycles. The Morgan fingerprint density at radius 1 is 1.04 bits per heavy atom. The molecule has 0 fully saturated rings. The highest BCUT2D eigenvalue weighted by molar-refractivity contribution is 6.31. The zero-order valence-electron chi connectivity index (χ0n) is 13.1. The molecule has 5 heteroatoms. The van der Waals surface area contributed by atoms with E-state index in [4.69, 9.17) is 11.6 Å². The summed E-state index contributed by atoms with van der Waals surface area (Å²) in [5.74, 6) is -0.426. The van der Waals surface area contributed by atoms with Gasteiger partial charge in [-0.25, -0.2) is 0 Å². The molecule has 2 aromatic rings. The number of rotatable bonds is 5. The Hall–Kier alpha value is -2.33. The Morgan fingerprint density at radius 2 is 1.70 bits per heavy atom. The van der Waals surface area contributed by atoms with Crippen LogP contribution in [-0.2, 0) is 0 Å². The molecule has 0 aromatic heterocycles. The lowest BCUT2D eigenvalue weighted by molar-refractivity contribution is 0.0938. The number of nitrogens with one attached hydrogen (secondary N) is 2. The second-order valence-electron chi connectivity index (χ2n) is 5.33. The fourth-order valence-corrected chi connectivity index (χ4v) is 2.17. The molecule has 2 aromatic carbocycles. The van der Waals surface area contributed by atoms with Crippen molar-refractivity contribution >= 4 is 29.1 Å². The van der Waals surface area contributed by atoms with E-state index in [1.165, 1.54) is 0 Å². The van der Waals surface area contributed by atoms with Gasteiger partial charge in [-0.2, -0.15) is 0 Å². The highest BCUT2D eigenvalue weighted by Gasteiger charge is 2.11. The molecule has 23 heavy (non-hydrogen) atoms. The van der Waals surface area contributed by atoms with Crippen LogP contribution >= 0.6 is 11.6 Å². The quantitative estimate of drug-likeness (QED) is 0.866. The number of hydrogen-bond acceptors (Lipinski definition) is 2. The molecule has 0 radical (unpaired) electrons. The Labute approximate surface area is 140 Å². The number of benzene rings is 2. The number of carbonyl (C=O) groups excluding carboxylic acids is 2. The molecule has 0 aliphatic carbocycles. The smallest absolute Gasteiger partial charge is 0.255 e. The van der Waals surface area contributed by atoms with Crippen LogP contribution in [-0.4, -0.2) is 17.9 Å². The van der Waals surface area contributed by atoms with E-state index in [-0.39, 0.29) is 17.9 Å². The lowest BCUT2D eigenvalue weighted by Crippen LogP contribution is -2.31. The summed E-state index contributed by atoms with van der Waals surface area (Å²) in [6.45, 7) is 3.95. The predicted molar refractivity (Wildman–Crippen MR) is 93.1 cm³/mol. The maximum absolute atomic E-state index is 12.2. The van der Waals surface area contributed by atoms with Crippen molar-refractivity contribution in [1.82, 2.24) is 5.32 Å². The van der Waals surface area contributed by atoms with Crippen molar-refractivity contribution < 1.29 is 9.59 Å². The van der Waals surface area contributed by atoms with Crippen molar-refractivity contribution in [3.63, 3.8) is 0 Å². The van der Waals surface area contributed by atoms with E-state index in [9.17, 15) is 9.59 Å². The normalized spacial score (nSPS) is 11.6. The summed E-state index contributed by atoms with van der Waals surface area (Å²) in [6.07, 6.45) is 0.858. The van der Waals surface area contributed by atoms with Crippen molar-refractivity contribution in [3.8, 4) is 0 Å². The molecular weight excluding hydrogens is 312 g/mol. The Morgan fingerprint density at radius 3 is 2.35 bits per heavy atom. The van der Waals surface area contributed by atoms with Crippen molar-refractivity contribution in [2.75, 3.05) is 5.32 Å². The molecule has 0 unspecified atom stereocenters. The number of amides is 2. The van der Waals surface area contributed by atoms with Crippen molar-refractivity contribution in [2.24, 2.45) is 0 Å². The van der Waals surface area contributed by atoms with Gasteiger partial charge in [0.1, 0.15) is 0 Å². The van der Waals surface area contributed by atoms with Gasteiger partial charge in [0.05, 0.1) is 0 Å². The summed E-state index contributed by atoms with van der Waals surface area (Å²) in [7, 11) is 0. The van der Waals surface area contributed by atoms with Gasteiger partial charge in [-0.05, 0) is 49.7 Å². The van der Waals surface area contributed by atoms with Crippen molar-refractivity contribution in [3.05, 3.63) is 64.7 Å². The van der Waals surface area contributed by atoms with Gasteiger partial charge in [0.2, 0.25) is 0 Å². The van der Waals surface area contributed by atoms with Crippen LogP contribution < -0.4 is 10.6 Å². The monoisotopic (exact) mass is 330 g/mol. The maximum Gasteiger partial charge on any atom is 0.255 e. The highest BCUT2D eigenvalue weighted by Crippen LogP contribution is 2.15. The minimum atomic E-state index is -0.271. The first-order valence-electron chi connectivity index (χ1n) is 7.47. The Balaban J connectivity index is 2.11. The lowest BCUT2D eigenvalue weighted by Gasteiger charge is -2.12. The molecule has 2 rings (SSSR count). The first-order chi connectivity index (χ1) is 11.0. The van der Waals surface area contributed by atoms with Crippen LogP contribution in [0, 0.1) is 0 Å². The molecule has 1 atom stereocenters. The van der Waals surface area contributed by atoms with E-state index >= 15 is 0 Å². The molecule has 0 aliphatic rings. The van der Waals surface area contributed by atoms with Crippen LogP contribution in [0.1, 0.15) is 41.0 Å². The summed E-state index contributed by atoms with van der Waals surface area (Å²) in [5, 5.41) is 6.17. The molecule has 120 valence electrons. The van der Waals surface area contributed by atoms with Crippen molar-refractivity contribution in [2.45, 2.75) is 26.3 Å². The standard InChI is InChI=1S/C18H19ClN2O2/c1-3-12(2)20-17(22)14-7-5-9-16(11-14)21-18(23)13-6-4-8-15(19)10-13/h4-12H,3H2,1-2H3,(H,20,22)(H,21,23)/t12-/m1/s1. The zero-order chi connectivity index (χ0) is 16.8. The zero-order valence-corrected chi connectivity index (χ0v) is 13.9. The SMILES string of the molecule is CC[C@@H](C)NC(=O)c1cccc(NC(=O)c2cccc(Cl)c2)c1. The van der Waals surface area contributed by atoms with Crippen LogP contribution in [0.15, 0.2) is 48.5 Å². The fourth-order valence-electron chi connectivity index (χ4n) is 1.98. The average molecular weight is 331 g/mol. The Kier molecular flexibility index (Phi) is 5.77. The fraction of sp³-hybridized carbons (Fsp3) is 0.222. The topological polar surface area (TPSA) is 58.2 Å². The van der Waals surface area contributed by atoms with E-state index < -0.39 is 0 Å². The molecule has 0 spiro atoms. The van der Waals surface area contributed by atoms with Crippen LogP contribution in [0.5, 0.6) is 0 Å². The third kappa shape index (κ3) is 4.83. The Bertz CT molecular complexity index is 716. The van der Waals surface area contributed by atoms with Gasteiger partial charge in [-0.15, -0.1) is 0 Å². The minimum absolute atomic E-state index is 0.104. The number of carbonyl (C=O) groups is 2. The van der Waals surface area contributed by atoms with E-state index in [0.717, 1.165) is 6.42 Å². The van der Waals surface area contributed by atoms with E-state index in [0.29, 0.717) is 21.8 Å². The third-order valence-electron chi connectivity index (χ3n) is 3.46. The highest BCUT2D eigenvalue weighted by atomic mass is 35.5. The number of anilines is 1. The van der Waals surface area contributed by atoms with E-state index in [1.807, 2.05) is 13.8 Å². The third-order valence-corrected chi connectivity index (χ3v) is 3.69. The average Bonchev–Trinajstić information content (AvgIpc) is 2.54. The predicted octanol–water partition coefficient (Wildman–Crippen LogP) is 4.12. The summed E-state index contributed by atoms with van der Waals surface area (Å²) in [5.41, 5.74) is 1.54. The van der Waals surface area contributed by atoms with Gasteiger partial charge >= 0.3 is 0 Å². The van der Waals surface area contributed by atoms with Crippen LogP contribution in [0.25, 0.3) is 0 Å². The van der Waals surface area contributed by atoms with Crippen LogP contribution in [0.4, 0.5) is 5.69 Å². The van der Waals surface area contributed by atoms with Gasteiger partial charge in [-0.1, -0.05) is 30.7 Å². The van der Waals surface area contributed by atoms with Crippen LogP contribution in [0.2, 0.25) is 5.02 Å². The molecule has 0 aliphatic heterocycles. The first-order valence-corrected chi connectivity index (χ1v) is 7.85. The molecule has 0 bridgehead atoms. The number of halogens is 1. The summed E-state index contributed by atoms with van der Waals surface area (Å²) in [4.78, 5) is 24.3. The summed E-state index contributed by atoms with van der Waals surface area (Å²) in [6, 6.07) is 13.6. The van der Waals surface area contributed by atoms with Gasteiger partial charge in [0, 0.05) is 27.9 Å². The lowest BCUT2D eigenvalue weighted by atomic mass is 10.1. The molecule has 2 amide bonds. The second kappa shape index (κ2) is 7.79. The molecule has 0 saturated heterocycles. The number of hydrogen-bond donors (Lipinski definition) is 2. The van der Waals surface area contributed by atoms with Gasteiger partial charge in [0.25, 0.3) is 11.8 Å². The molecule has 4 nitrogen and oxygen atoms in total. The van der Waals surface area contributed by atoms with E-state index in [2.05, 4.69) is 10.6 Å². The molecular formula is C18H19ClN2O2. The molecule has 0 heterocycles. The minimum Gasteiger partial charge on any atom is -0.350 e. The maximum atomic E-state index is 12.2. The van der Waals surface area contributed by atoms with E-state index in [1.54, 1.807) is 48.5 Å². The largest absolute Gasteiger partial charge is 0.350 e. The van der Waals surface area contributed by atoms with Gasteiger partial charge in [-0.3, -0.25) is 9.59 Å². The second-order valence-corrected chi connectivity index (χ2v) is 5.76.